The van der Waals surface area contributed by atoms with Crippen molar-refractivity contribution < 1.29 is 27.5 Å². The predicted molar refractivity (Wildman–Crippen MR) is 155 cm³/mol. The Kier molecular flexibility index (Phi) is 10.6. The summed E-state index contributed by atoms with van der Waals surface area (Å²) in [6.45, 7) is 5.57. The van der Waals surface area contributed by atoms with Crippen LogP contribution in [0.1, 0.15) is 31.4 Å². The lowest BCUT2D eigenvalue weighted by atomic mass is 10.1. The van der Waals surface area contributed by atoms with Crippen LogP contribution in [0.3, 0.4) is 0 Å². The summed E-state index contributed by atoms with van der Waals surface area (Å²) in [7, 11) is -1.31. The van der Waals surface area contributed by atoms with Crippen molar-refractivity contribution in [1.29, 1.82) is 0 Å². The van der Waals surface area contributed by atoms with Gasteiger partial charge in [-0.1, -0.05) is 48.9 Å². The minimum atomic E-state index is -4.23. The van der Waals surface area contributed by atoms with E-state index in [-0.39, 0.29) is 28.8 Å². The number of nitrogens with one attached hydrogen (secondary N) is 1. The molecule has 3 aromatic rings. The number of amides is 2. The zero-order valence-electron chi connectivity index (χ0n) is 23.6. The molecule has 0 heterocycles. The van der Waals surface area contributed by atoms with Gasteiger partial charge in [-0.05, 0) is 62.2 Å². The highest BCUT2D eigenvalue weighted by atomic mass is 32.2. The number of sulfonamides is 1. The second kappa shape index (κ2) is 13.8. The summed E-state index contributed by atoms with van der Waals surface area (Å²) in [5, 5.41) is 2.84. The number of hydrogen-bond donors (Lipinski definition) is 1. The van der Waals surface area contributed by atoms with E-state index >= 15 is 0 Å². The van der Waals surface area contributed by atoms with E-state index in [0.717, 1.165) is 21.9 Å². The van der Waals surface area contributed by atoms with Crippen LogP contribution in [0, 0.1) is 6.92 Å². The van der Waals surface area contributed by atoms with Gasteiger partial charge in [-0.15, -0.1) is 0 Å². The Morgan fingerprint density at radius 3 is 2.27 bits per heavy atom. The first-order chi connectivity index (χ1) is 19.1. The van der Waals surface area contributed by atoms with Crippen molar-refractivity contribution in [1.82, 2.24) is 10.2 Å². The molecule has 0 unspecified atom stereocenters. The highest BCUT2D eigenvalue weighted by molar-refractivity contribution is 7.92. The number of ether oxygens (including phenoxy) is 2. The molecule has 0 fully saturated rings. The quantitative estimate of drug-likeness (QED) is 0.333. The number of anilines is 1. The third-order valence-electron chi connectivity index (χ3n) is 6.43. The molecule has 0 aromatic heterocycles. The third kappa shape index (κ3) is 7.32. The second-order valence-corrected chi connectivity index (χ2v) is 11.2. The number of benzene rings is 3. The lowest BCUT2D eigenvalue weighted by Gasteiger charge is -2.32. The van der Waals surface area contributed by atoms with E-state index in [2.05, 4.69) is 5.32 Å². The summed E-state index contributed by atoms with van der Waals surface area (Å²) in [6.07, 6.45) is 0.742. The average molecular weight is 568 g/mol. The number of carbonyl (C=O) groups excluding carboxylic acids is 2. The Hall–Kier alpha value is -4.05. The van der Waals surface area contributed by atoms with Crippen LogP contribution in [0.5, 0.6) is 11.5 Å². The second-order valence-electron chi connectivity index (χ2n) is 9.34. The Bertz CT molecular complexity index is 1410. The number of carbonyl (C=O) groups is 2. The van der Waals surface area contributed by atoms with Gasteiger partial charge in [-0.2, -0.15) is 0 Å². The van der Waals surface area contributed by atoms with Gasteiger partial charge < -0.3 is 19.7 Å². The molecule has 214 valence electrons. The van der Waals surface area contributed by atoms with Crippen molar-refractivity contribution in [2.75, 3.05) is 31.6 Å². The van der Waals surface area contributed by atoms with Gasteiger partial charge in [-0.3, -0.25) is 13.9 Å². The summed E-state index contributed by atoms with van der Waals surface area (Å²) in [5.41, 5.74) is 2.03. The molecule has 0 radical (unpaired) electrons. The molecule has 0 saturated carbocycles. The van der Waals surface area contributed by atoms with Gasteiger partial charge in [0.15, 0.2) is 0 Å². The summed E-state index contributed by atoms with van der Waals surface area (Å²) in [5.74, 6) is -0.0742. The number of rotatable bonds is 13. The fraction of sp³-hybridized carbons (Fsp3) is 0.333. The van der Waals surface area contributed by atoms with Crippen LogP contribution in [0.4, 0.5) is 5.69 Å². The minimum absolute atomic E-state index is 0.0222. The molecule has 10 heteroatoms. The first kappa shape index (κ1) is 30.5. The predicted octanol–water partition coefficient (Wildman–Crippen LogP) is 4.15. The maximum absolute atomic E-state index is 14.0. The monoisotopic (exact) mass is 567 g/mol. The fourth-order valence-electron chi connectivity index (χ4n) is 4.21. The summed E-state index contributed by atoms with van der Waals surface area (Å²) < 4.78 is 39.6. The largest absolute Gasteiger partial charge is 0.497 e. The van der Waals surface area contributed by atoms with Crippen LogP contribution in [0.15, 0.2) is 77.7 Å². The van der Waals surface area contributed by atoms with Crippen molar-refractivity contribution in [3.8, 4) is 11.5 Å². The van der Waals surface area contributed by atoms with Gasteiger partial charge in [0.25, 0.3) is 10.0 Å². The van der Waals surface area contributed by atoms with Crippen molar-refractivity contribution in [2.45, 2.75) is 44.7 Å². The standard InChI is InChI=1S/C30H37N3O6S/c1-6-18-31-30(35)23(3)32(20-24-11-9-10-22(2)19-24)29(34)21-33(27-12-7-8-13-28(27)39-5)40(36,37)26-16-14-25(38-4)15-17-26/h7-17,19,23H,6,18,20-21H2,1-5H3,(H,31,35)/t23-/m1/s1. The van der Waals surface area contributed by atoms with Gasteiger partial charge in [0.1, 0.15) is 24.1 Å². The van der Waals surface area contributed by atoms with E-state index in [4.69, 9.17) is 9.47 Å². The number of aryl methyl sites for hydroxylation is 1. The van der Waals surface area contributed by atoms with Crippen molar-refractivity contribution in [3.05, 3.63) is 83.9 Å². The van der Waals surface area contributed by atoms with Gasteiger partial charge in [0.2, 0.25) is 11.8 Å². The molecular weight excluding hydrogens is 530 g/mol. The Balaban J connectivity index is 2.06. The molecule has 40 heavy (non-hydrogen) atoms. The third-order valence-corrected chi connectivity index (χ3v) is 8.21. The molecule has 0 aliphatic heterocycles. The summed E-state index contributed by atoms with van der Waals surface area (Å²) >= 11 is 0. The topological polar surface area (TPSA) is 105 Å². The van der Waals surface area contributed by atoms with Gasteiger partial charge in [0, 0.05) is 13.1 Å². The molecule has 3 aromatic carbocycles. The molecular formula is C30H37N3O6S. The van der Waals surface area contributed by atoms with Gasteiger partial charge in [0.05, 0.1) is 24.8 Å². The Morgan fingerprint density at radius 2 is 1.65 bits per heavy atom. The highest BCUT2D eigenvalue weighted by Gasteiger charge is 2.33. The maximum atomic E-state index is 14.0. The lowest BCUT2D eigenvalue weighted by Crippen LogP contribution is -2.51. The van der Waals surface area contributed by atoms with Gasteiger partial charge in [-0.25, -0.2) is 8.42 Å². The average Bonchev–Trinajstić information content (AvgIpc) is 2.96. The molecule has 1 atom stereocenters. The lowest BCUT2D eigenvalue weighted by molar-refractivity contribution is -0.139. The fourth-order valence-corrected chi connectivity index (χ4v) is 5.63. The normalized spacial score (nSPS) is 11.8. The molecule has 3 rings (SSSR count). The zero-order chi connectivity index (χ0) is 29.3. The highest BCUT2D eigenvalue weighted by Crippen LogP contribution is 2.33. The molecule has 0 aliphatic carbocycles. The van der Waals surface area contributed by atoms with E-state index in [1.165, 1.54) is 31.3 Å². The van der Waals surface area contributed by atoms with Crippen molar-refractivity contribution in [2.24, 2.45) is 0 Å². The molecule has 2 amide bonds. The van der Waals surface area contributed by atoms with Crippen molar-refractivity contribution >= 4 is 27.5 Å². The first-order valence-corrected chi connectivity index (χ1v) is 14.5. The van der Waals surface area contributed by atoms with E-state index in [0.29, 0.717) is 12.3 Å². The van der Waals surface area contributed by atoms with E-state index in [1.54, 1.807) is 43.3 Å². The van der Waals surface area contributed by atoms with Crippen LogP contribution >= 0.6 is 0 Å². The molecule has 9 nitrogen and oxygen atoms in total. The smallest absolute Gasteiger partial charge is 0.264 e. The Labute approximate surface area is 236 Å². The number of hydrogen-bond acceptors (Lipinski definition) is 6. The maximum Gasteiger partial charge on any atom is 0.264 e. The molecule has 0 saturated heterocycles. The molecule has 1 N–H and O–H groups in total. The summed E-state index contributed by atoms with van der Waals surface area (Å²) in [4.78, 5) is 28.4. The molecule has 0 bridgehead atoms. The van der Waals surface area contributed by atoms with Crippen LogP contribution in [-0.4, -0.2) is 58.5 Å². The number of nitrogens with zero attached hydrogens (tertiary/aromatic N) is 2. The van der Waals surface area contributed by atoms with E-state index in [9.17, 15) is 18.0 Å². The number of para-hydroxylation sites is 2. The van der Waals surface area contributed by atoms with Crippen LogP contribution in [0.25, 0.3) is 0 Å². The van der Waals surface area contributed by atoms with Gasteiger partial charge >= 0.3 is 0 Å². The number of methoxy groups -OCH3 is 2. The first-order valence-electron chi connectivity index (χ1n) is 13.0. The zero-order valence-corrected chi connectivity index (χ0v) is 24.4. The van der Waals surface area contributed by atoms with E-state index in [1.807, 2.05) is 38.1 Å². The van der Waals surface area contributed by atoms with Crippen LogP contribution in [0.2, 0.25) is 0 Å². The van der Waals surface area contributed by atoms with E-state index < -0.39 is 28.5 Å². The molecule has 0 spiro atoms. The SMILES string of the molecule is CCCNC(=O)[C@@H](C)N(Cc1cccc(C)c1)C(=O)CN(c1ccccc1OC)S(=O)(=O)c1ccc(OC)cc1. The van der Waals surface area contributed by atoms with Crippen LogP contribution < -0.4 is 19.1 Å². The van der Waals surface area contributed by atoms with Crippen LogP contribution in [-0.2, 0) is 26.2 Å². The minimum Gasteiger partial charge on any atom is -0.497 e. The summed E-state index contributed by atoms with van der Waals surface area (Å²) in [6, 6.07) is 19.3. The molecule has 0 aliphatic rings. The Morgan fingerprint density at radius 1 is 0.950 bits per heavy atom. The van der Waals surface area contributed by atoms with Crippen molar-refractivity contribution in [3.63, 3.8) is 0 Å².